The van der Waals surface area contributed by atoms with Crippen LogP contribution in [0, 0.1) is 5.92 Å². The minimum atomic E-state index is -4.37. The topological polar surface area (TPSA) is 111 Å². The van der Waals surface area contributed by atoms with Gasteiger partial charge in [-0.2, -0.15) is 0 Å². The molecule has 1 heterocycles. The van der Waals surface area contributed by atoms with Crippen molar-refractivity contribution in [2.75, 3.05) is 20.8 Å². The third-order valence-corrected chi connectivity index (χ3v) is 5.71. The highest BCUT2D eigenvalue weighted by Crippen LogP contribution is 2.41. The molecule has 27 heavy (non-hydrogen) atoms. The van der Waals surface area contributed by atoms with Crippen molar-refractivity contribution in [1.82, 2.24) is 9.97 Å². The van der Waals surface area contributed by atoms with Crippen molar-refractivity contribution in [3.63, 3.8) is 0 Å². The molecule has 9 heteroatoms. The fraction of sp³-hybridized carbons (Fsp3) is 0.556. The van der Waals surface area contributed by atoms with Crippen molar-refractivity contribution >= 4 is 18.7 Å². The second-order valence-electron chi connectivity index (χ2n) is 6.81. The number of hydrogen-bond acceptors (Lipinski definition) is 6. The Kier molecular flexibility index (Phi) is 6.32. The molecule has 0 radical (unpaired) electrons. The van der Waals surface area contributed by atoms with Gasteiger partial charge in [0.15, 0.2) is 11.5 Å². The molecular weight excluding hydrogens is 371 g/mol. The van der Waals surface area contributed by atoms with Crippen molar-refractivity contribution in [3.05, 3.63) is 24.2 Å². The summed E-state index contributed by atoms with van der Waals surface area (Å²) in [6.45, 7) is 0.0903. The molecule has 2 N–H and O–H groups in total. The summed E-state index contributed by atoms with van der Waals surface area (Å²) in [4.78, 5) is 26.5. The van der Waals surface area contributed by atoms with Gasteiger partial charge in [0.1, 0.15) is 6.33 Å². The number of nitrogens with zero attached hydrogens (tertiary/aromatic N) is 2. The molecule has 0 spiro atoms. The van der Waals surface area contributed by atoms with E-state index in [1.54, 1.807) is 20.5 Å². The van der Waals surface area contributed by atoms with Gasteiger partial charge in [0.25, 0.3) is 0 Å². The molecular formula is C18H27N2O6P+2. The van der Waals surface area contributed by atoms with Crippen LogP contribution in [0.15, 0.2) is 18.5 Å². The first-order valence-corrected chi connectivity index (χ1v) is 10.5. The Hall–Kier alpha value is -1.73. The second-order valence-corrected chi connectivity index (χ2v) is 8.05. The summed E-state index contributed by atoms with van der Waals surface area (Å²) in [5.74, 6) is 2.04. The smallest absolute Gasteiger partial charge is 0.493 e. The van der Waals surface area contributed by atoms with E-state index in [1.165, 1.54) is 0 Å². The van der Waals surface area contributed by atoms with Gasteiger partial charge >= 0.3 is 10.7 Å². The maximum absolute atomic E-state index is 10.8. The van der Waals surface area contributed by atoms with Crippen LogP contribution < -0.4 is 9.47 Å². The Morgan fingerprint density at radius 1 is 1.11 bits per heavy atom. The van der Waals surface area contributed by atoms with Crippen molar-refractivity contribution < 1.29 is 31.2 Å². The quantitative estimate of drug-likeness (QED) is 0.680. The molecule has 0 amide bonds. The molecule has 0 saturated heterocycles. The van der Waals surface area contributed by atoms with Gasteiger partial charge < -0.3 is 19.3 Å². The molecule has 148 valence electrons. The number of hydrogen-bond donors (Lipinski definition) is 2. The summed E-state index contributed by atoms with van der Waals surface area (Å²) in [6, 6.07) is 3.80. The van der Waals surface area contributed by atoms with Crippen LogP contribution in [0.5, 0.6) is 11.5 Å². The minimum absolute atomic E-state index is 0. The third kappa shape index (κ3) is 4.96. The second kappa shape index (κ2) is 8.52. The Balaban J connectivity index is 0.00000210. The molecule has 3 rings (SSSR count). The average Bonchev–Trinajstić information content (AvgIpc) is 2.66. The Labute approximate surface area is 161 Å². The number of aromatic nitrogens is 2. The van der Waals surface area contributed by atoms with Crippen LogP contribution in [0.4, 0.5) is 0 Å². The standard InChI is InChI=1S/C18H25N2O6P/c1-24-16-9-14-15(10-17(16)25-2)19-11-20-18(14)13-5-3-12(4-6-13)7-8-26-27(21,22)23/h9-13H,3-8H2,1-2H3,(H2,21,22,23)/p+2. The lowest BCUT2D eigenvalue weighted by atomic mass is 9.78. The molecule has 1 fully saturated rings. The van der Waals surface area contributed by atoms with Crippen LogP contribution in [-0.4, -0.2) is 40.6 Å². The van der Waals surface area contributed by atoms with Gasteiger partial charge in [-0.3, -0.25) is 4.52 Å². The molecule has 1 aromatic carbocycles. The third-order valence-electron chi connectivity index (χ3n) is 5.19. The molecule has 1 saturated carbocycles. The average molecular weight is 398 g/mol. The van der Waals surface area contributed by atoms with Crippen LogP contribution in [-0.2, 0) is 9.09 Å². The van der Waals surface area contributed by atoms with E-state index in [9.17, 15) is 4.57 Å². The molecule has 0 unspecified atom stereocenters. The molecule has 1 aliphatic rings. The summed E-state index contributed by atoms with van der Waals surface area (Å²) in [6.07, 6.45) is 6.15. The number of rotatable bonds is 7. The van der Waals surface area contributed by atoms with Gasteiger partial charge in [-0.1, -0.05) is 0 Å². The molecule has 2 aromatic rings. The number of phosphoric ester groups is 1. The summed E-state index contributed by atoms with van der Waals surface area (Å²) < 4.78 is 26.1. The van der Waals surface area contributed by atoms with Gasteiger partial charge in [0.2, 0.25) is 0 Å². The lowest BCUT2D eigenvalue weighted by Crippen LogP contribution is -2.16. The number of phosphoric acid groups is 1. The summed E-state index contributed by atoms with van der Waals surface area (Å²) in [5.41, 5.74) is 1.85. The zero-order valence-corrected chi connectivity index (χ0v) is 16.4. The van der Waals surface area contributed by atoms with Crippen LogP contribution in [0.1, 0.15) is 46.6 Å². The van der Waals surface area contributed by atoms with E-state index < -0.39 is 7.82 Å². The highest BCUT2D eigenvalue weighted by molar-refractivity contribution is 7.46. The summed E-state index contributed by atoms with van der Waals surface area (Å²) in [7, 11) is -1.16. The monoisotopic (exact) mass is 398 g/mol. The maximum atomic E-state index is 10.8. The largest absolute Gasteiger partial charge is 1.00 e. The fourth-order valence-electron chi connectivity index (χ4n) is 3.79. The van der Waals surface area contributed by atoms with Gasteiger partial charge in [0, 0.05) is 17.4 Å². The fourth-order valence-corrected chi connectivity index (χ4v) is 4.13. The summed E-state index contributed by atoms with van der Waals surface area (Å²) >= 11 is 0. The molecule has 0 atom stereocenters. The number of methoxy groups -OCH3 is 2. The number of fused-ring (bicyclic) bond motifs is 1. The first-order chi connectivity index (χ1) is 12.9. The molecule has 1 aromatic heterocycles. The number of ether oxygens (including phenoxy) is 2. The molecule has 0 aliphatic heterocycles. The normalized spacial score (nSPS) is 20.6. The summed E-state index contributed by atoms with van der Waals surface area (Å²) in [5, 5.41) is 0.975. The van der Waals surface area contributed by atoms with Crippen molar-refractivity contribution in [2.24, 2.45) is 5.92 Å². The first kappa shape index (κ1) is 20.0. The Bertz CT molecular complexity index is 842. The minimum Gasteiger partial charge on any atom is -0.493 e. The van der Waals surface area contributed by atoms with E-state index in [2.05, 4.69) is 14.5 Å². The van der Waals surface area contributed by atoms with E-state index in [1.807, 2.05) is 12.1 Å². The predicted molar refractivity (Wildman–Crippen MR) is 102 cm³/mol. The van der Waals surface area contributed by atoms with Gasteiger partial charge in [-0.25, -0.2) is 14.5 Å². The van der Waals surface area contributed by atoms with E-state index in [4.69, 9.17) is 19.3 Å². The van der Waals surface area contributed by atoms with Gasteiger partial charge in [-0.05, 0) is 44.1 Å². The van der Waals surface area contributed by atoms with Crippen molar-refractivity contribution in [3.8, 4) is 11.5 Å². The SMILES string of the molecule is COc1cc2ncnc(C3CCC(CCOP(=O)(O)O)CC3)c2cc1OC.[H+].[H+]. The van der Waals surface area contributed by atoms with E-state index in [0.717, 1.165) is 42.3 Å². The first-order valence-electron chi connectivity index (χ1n) is 8.98. The zero-order valence-electron chi connectivity index (χ0n) is 17.5. The van der Waals surface area contributed by atoms with Crippen molar-refractivity contribution in [1.29, 1.82) is 0 Å². The van der Waals surface area contributed by atoms with Crippen LogP contribution >= 0.6 is 7.82 Å². The molecule has 8 nitrogen and oxygen atoms in total. The lowest BCUT2D eigenvalue weighted by molar-refractivity contribution is 0.173. The van der Waals surface area contributed by atoms with Crippen molar-refractivity contribution in [2.45, 2.75) is 38.0 Å². The maximum Gasteiger partial charge on any atom is 1.00 e. The molecule has 1 aliphatic carbocycles. The van der Waals surface area contributed by atoms with Crippen LogP contribution in [0.25, 0.3) is 10.9 Å². The highest BCUT2D eigenvalue weighted by Gasteiger charge is 2.26. The lowest BCUT2D eigenvalue weighted by Gasteiger charge is -2.28. The predicted octanol–water partition coefficient (Wildman–Crippen LogP) is 3.65. The van der Waals surface area contributed by atoms with Gasteiger partial charge in [0.05, 0.1) is 32.0 Å². The van der Waals surface area contributed by atoms with E-state index in [-0.39, 0.29) is 9.46 Å². The van der Waals surface area contributed by atoms with Gasteiger partial charge in [-0.15, -0.1) is 0 Å². The highest BCUT2D eigenvalue weighted by atomic mass is 31.2. The van der Waals surface area contributed by atoms with Crippen LogP contribution in [0.2, 0.25) is 0 Å². The van der Waals surface area contributed by atoms with E-state index in [0.29, 0.717) is 29.8 Å². The number of benzene rings is 1. The Morgan fingerprint density at radius 3 is 2.41 bits per heavy atom. The zero-order chi connectivity index (χ0) is 19.4. The Morgan fingerprint density at radius 2 is 1.78 bits per heavy atom. The van der Waals surface area contributed by atoms with E-state index >= 15 is 0 Å². The molecule has 0 bridgehead atoms. The van der Waals surface area contributed by atoms with Crippen LogP contribution in [0.3, 0.4) is 0 Å².